The molecule has 1 aromatic rings. The minimum atomic E-state index is 0.237. The van der Waals surface area contributed by atoms with Gasteiger partial charge >= 0.3 is 0 Å². The van der Waals surface area contributed by atoms with Crippen LogP contribution in [-0.4, -0.2) is 42.1 Å². The number of morpholine rings is 1. The highest BCUT2D eigenvalue weighted by Gasteiger charge is 2.36. The Hall–Kier alpha value is -1.46. The molecule has 2 unspecified atom stereocenters. The van der Waals surface area contributed by atoms with Gasteiger partial charge in [0, 0.05) is 30.8 Å². The summed E-state index contributed by atoms with van der Waals surface area (Å²) in [5, 5.41) is 10.2. The van der Waals surface area contributed by atoms with E-state index in [0.717, 1.165) is 37.4 Å². The third kappa shape index (κ3) is 2.01. The van der Waals surface area contributed by atoms with Crippen LogP contribution in [0.25, 0.3) is 0 Å². The zero-order valence-electron chi connectivity index (χ0n) is 11.4. The van der Waals surface area contributed by atoms with Gasteiger partial charge in [0.05, 0.1) is 12.7 Å². The lowest BCUT2D eigenvalue weighted by Gasteiger charge is -2.37. The highest BCUT2D eigenvalue weighted by molar-refractivity contribution is 5.51. The van der Waals surface area contributed by atoms with Crippen molar-refractivity contribution in [3.63, 3.8) is 0 Å². The Kier molecular flexibility index (Phi) is 2.97. The smallest absolute Gasteiger partial charge is 0.231 e. The van der Waals surface area contributed by atoms with Crippen LogP contribution in [0.3, 0.4) is 0 Å². The summed E-state index contributed by atoms with van der Waals surface area (Å²) in [6.07, 6.45) is 3.96. The van der Waals surface area contributed by atoms with E-state index in [2.05, 4.69) is 4.90 Å². The van der Waals surface area contributed by atoms with Gasteiger partial charge in [0.25, 0.3) is 0 Å². The molecule has 3 aliphatic rings. The predicted molar refractivity (Wildman–Crippen MR) is 72.0 cm³/mol. The third-order valence-corrected chi connectivity index (χ3v) is 4.54. The number of benzene rings is 1. The zero-order valence-corrected chi connectivity index (χ0v) is 11.4. The molecular weight excluding hydrogens is 258 g/mol. The molecule has 0 radical (unpaired) electrons. The van der Waals surface area contributed by atoms with Crippen LogP contribution in [0, 0.1) is 0 Å². The van der Waals surface area contributed by atoms with Crippen molar-refractivity contribution >= 4 is 0 Å². The maximum Gasteiger partial charge on any atom is 0.231 e. The molecule has 1 aliphatic carbocycles. The van der Waals surface area contributed by atoms with Gasteiger partial charge in [-0.05, 0) is 25.3 Å². The van der Waals surface area contributed by atoms with Gasteiger partial charge in [-0.3, -0.25) is 4.90 Å². The first kappa shape index (κ1) is 12.3. The van der Waals surface area contributed by atoms with Crippen LogP contribution in [0.5, 0.6) is 17.2 Å². The molecule has 0 spiro atoms. The van der Waals surface area contributed by atoms with Gasteiger partial charge in [0.15, 0.2) is 11.5 Å². The lowest BCUT2D eigenvalue weighted by molar-refractivity contribution is -0.0590. The molecule has 2 aliphatic heterocycles. The number of hydrogen-bond acceptors (Lipinski definition) is 5. The second kappa shape index (κ2) is 4.82. The maximum absolute atomic E-state index is 10.2. The average Bonchev–Trinajstić information content (AvgIpc) is 3.07. The van der Waals surface area contributed by atoms with E-state index in [0.29, 0.717) is 17.9 Å². The summed E-state index contributed by atoms with van der Waals surface area (Å²) in [6, 6.07) is 4.05. The lowest BCUT2D eigenvalue weighted by Crippen LogP contribution is -2.47. The van der Waals surface area contributed by atoms with Gasteiger partial charge in [0.1, 0.15) is 5.75 Å². The molecule has 5 nitrogen and oxygen atoms in total. The Labute approximate surface area is 118 Å². The van der Waals surface area contributed by atoms with Crippen LogP contribution < -0.4 is 9.47 Å². The van der Waals surface area contributed by atoms with E-state index in [4.69, 9.17) is 14.2 Å². The van der Waals surface area contributed by atoms with Gasteiger partial charge in [0.2, 0.25) is 6.79 Å². The normalized spacial score (nSPS) is 28.6. The number of nitrogens with zero attached hydrogens (tertiary/aromatic N) is 1. The first-order valence-corrected chi connectivity index (χ1v) is 7.28. The highest BCUT2D eigenvalue weighted by Crippen LogP contribution is 2.39. The first-order chi connectivity index (χ1) is 9.81. The van der Waals surface area contributed by atoms with Crippen molar-refractivity contribution in [1.29, 1.82) is 0 Å². The molecule has 2 heterocycles. The minimum Gasteiger partial charge on any atom is -0.507 e. The van der Waals surface area contributed by atoms with E-state index in [1.54, 1.807) is 6.07 Å². The maximum atomic E-state index is 10.2. The van der Waals surface area contributed by atoms with Crippen molar-refractivity contribution in [2.45, 2.75) is 38.0 Å². The van der Waals surface area contributed by atoms with Gasteiger partial charge in [-0.2, -0.15) is 0 Å². The van der Waals surface area contributed by atoms with Crippen LogP contribution in [0.4, 0.5) is 0 Å². The van der Waals surface area contributed by atoms with E-state index < -0.39 is 0 Å². The molecule has 108 valence electrons. The number of hydrogen-bond donors (Lipinski definition) is 1. The van der Waals surface area contributed by atoms with E-state index in [1.165, 1.54) is 12.8 Å². The fourth-order valence-electron chi connectivity index (χ4n) is 3.52. The SMILES string of the molecule is Oc1cc2c(cc1CN1CCOC3CCCC31)OCO2. The summed E-state index contributed by atoms with van der Waals surface area (Å²) in [5.41, 5.74) is 0.904. The summed E-state index contributed by atoms with van der Waals surface area (Å²) in [4.78, 5) is 2.43. The Morgan fingerprint density at radius 1 is 1.20 bits per heavy atom. The van der Waals surface area contributed by atoms with Crippen LogP contribution in [0.15, 0.2) is 12.1 Å². The molecule has 1 aromatic carbocycles. The largest absolute Gasteiger partial charge is 0.507 e. The molecule has 0 bridgehead atoms. The van der Waals surface area contributed by atoms with Gasteiger partial charge in [-0.25, -0.2) is 0 Å². The molecule has 4 rings (SSSR count). The van der Waals surface area contributed by atoms with Gasteiger partial charge in [-0.15, -0.1) is 0 Å². The summed E-state index contributed by atoms with van der Waals surface area (Å²) in [5.74, 6) is 1.65. The molecule has 2 fully saturated rings. The minimum absolute atomic E-state index is 0.237. The highest BCUT2D eigenvalue weighted by atomic mass is 16.7. The number of phenols is 1. The summed E-state index contributed by atoms with van der Waals surface area (Å²) in [7, 11) is 0. The van der Waals surface area contributed by atoms with E-state index >= 15 is 0 Å². The van der Waals surface area contributed by atoms with E-state index in [-0.39, 0.29) is 12.5 Å². The second-order valence-electron chi connectivity index (χ2n) is 5.71. The van der Waals surface area contributed by atoms with Crippen LogP contribution >= 0.6 is 0 Å². The Morgan fingerprint density at radius 3 is 2.95 bits per heavy atom. The fourth-order valence-corrected chi connectivity index (χ4v) is 3.52. The Morgan fingerprint density at radius 2 is 2.05 bits per heavy atom. The van der Waals surface area contributed by atoms with Crippen molar-refractivity contribution in [2.24, 2.45) is 0 Å². The number of phenolic OH excluding ortho intramolecular Hbond substituents is 1. The Bertz CT molecular complexity index is 519. The molecule has 2 atom stereocenters. The van der Waals surface area contributed by atoms with Gasteiger partial charge < -0.3 is 19.3 Å². The molecule has 0 amide bonds. The van der Waals surface area contributed by atoms with Crippen molar-refractivity contribution in [3.05, 3.63) is 17.7 Å². The molecule has 20 heavy (non-hydrogen) atoms. The van der Waals surface area contributed by atoms with E-state index in [9.17, 15) is 5.11 Å². The molecule has 1 N–H and O–H groups in total. The molecule has 5 heteroatoms. The van der Waals surface area contributed by atoms with Crippen LogP contribution in [0.1, 0.15) is 24.8 Å². The molecular formula is C15H19NO4. The zero-order chi connectivity index (χ0) is 13.5. The monoisotopic (exact) mass is 277 g/mol. The average molecular weight is 277 g/mol. The standard InChI is InChI=1S/C15H19NO4/c17-12-7-15-14(19-9-20-15)6-10(12)8-16-4-5-18-13-3-1-2-11(13)16/h6-7,11,13,17H,1-5,8-9H2. The first-order valence-electron chi connectivity index (χ1n) is 7.28. The van der Waals surface area contributed by atoms with Gasteiger partial charge in [-0.1, -0.05) is 0 Å². The van der Waals surface area contributed by atoms with E-state index in [1.807, 2.05) is 6.07 Å². The van der Waals surface area contributed by atoms with Crippen LogP contribution in [-0.2, 0) is 11.3 Å². The van der Waals surface area contributed by atoms with Crippen molar-refractivity contribution in [3.8, 4) is 17.2 Å². The number of ether oxygens (including phenoxy) is 3. The number of fused-ring (bicyclic) bond motifs is 2. The molecule has 0 aromatic heterocycles. The third-order valence-electron chi connectivity index (χ3n) is 4.54. The number of aromatic hydroxyl groups is 1. The van der Waals surface area contributed by atoms with Crippen LogP contribution in [0.2, 0.25) is 0 Å². The molecule has 1 saturated heterocycles. The fraction of sp³-hybridized carbons (Fsp3) is 0.600. The lowest BCUT2D eigenvalue weighted by atomic mass is 10.1. The Balaban J connectivity index is 1.56. The summed E-state index contributed by atoms with van der Waals surface area (Å²) in [6.45, 7) is 2.69. The van der Waals surface area contributed by atoms with Crippen molar-refractivity contribution < 1.29 is 19.3 Å². The summed E-state index contributed by atoms with van der Waals surface area (Å²) < 4.78 is 16.5. The topological polar surface area (TPSA) is 51.2 Å². The summed E-state index contributed by atoms with van der Waals surface area (Å²) >= 11 is 0. The predicted octanol–water partition coefficient (Wildman–Crippen LogP) is 1.87. The second-order valence-corrected chi connectivity index (χ2v) is 5.71. The molecule has 1 saturated carbocycles. The quantitative estimate of drug-likeness (QED) is 0.894. The van der Waals surface area contributed by atoms with Crippen molar-refractivity contribution in [2.75, 3.05) is 19.9 Å². The van der Waals surface area contributed by atoms with Crippen molar-refractivity contribution in [1.82, 2.24) is 4.90 Å². The number of rotatable bonds is 2.